The van der Waals surface area contributed by atoms with Gasteiger partial charge in [0.05, 0.1) is 5.92 Å². The van der Waals surface area contributed by atoms with Crippen LogP contribution in [-0.2, 0) is 14.1 Å². The van der Waals surface area contributed by atoms with E-state index in [4.69, 9.17) is 14.9 Å². The number of rotatable bonds is 4. The number of ketones is 1. The number of Topliss-reactive ketones (excluding diaryl/α,β-unsaturated/α-hetero) is 1. The van der Waals surface area contributed by atoms with Gasteiger partial charge in [0, 0.05) is 0 Å². The van der Waals surface area contributed by atoms with Crippen LogP contribution < -0.4 is 5.32 Å². The highest BCUT2D eigenvalue weighted by atomic mass is 31.2. The Labute approximate surface area is 97.1 Å². The first-order valence-corrected chi connectivity index (χ1v) is 6.79. The molecule has 0 radical (unpaired) electrons. The number of hydrogen-bond donors (Lipinski definition) is 4. The fourth-order valence-electron chi connectivity index (χ4n) is 1.74. The fourth-order valence-corrected chi connectivity index (χ4v) is 2.38. The molecule has 8 nitrogen and oxygen atoms in total. The van der Waals surface area contributed by atoms with Gasteiger partial charge in [-0.15, -0.1) is 0 Å². The highest BCUT2D eigenvalue weighted by Crippen LogP contribution is 2.36. The molecule has 1 heterocycles. The molecule has 2 atom stereocenters. The summed E-state index contributed by atoms with van der Waals surface area (Å²) in [7, 11) is -4.43. The largest absolute Gasteiger partial charge is 0.507 e. The van der Waals surface area contributed by atoms with Crippen LogP contribution >= 0.6 is 7.60 Å². The number of ether oxygens (including phenoxy) is 1. The first-order chi connectivity index (χ1) is 7.79. The lowest BCUT2D eigenvalue weighted by Crippen LogP contribution is -2.47. The Balaban J connectivity index is 2.67. The standard InChI is InChI=1S/C8H14NO7P/c10-6(4-17(13,14)15)5-2-1-3-9-7(5)16-8(11)12/h5,7,9H,1-4H2,(H,11,12)(H2,13,14,15). The third-order valence-electron chi connectivity index (χ3n) is 2.41. The van der Waals surface area contributed by atoms with E-state index in [9.17, 15) is 14.2 Å². The van der Waals surface area contributed by atoms with Crippen molar-refractivity contribution in [1.29, 1.82) is 0 Å². The van der Waals surface area contributed by atoms with Gasteiger partial charge >= 0.3 is 13.8 Å². The summed E-state index contributed by atoms with van der Waals surface area (Å²) in [6.07, 6.45) is -2.47. The number of nitrogens with one attached hydrogen (secondary N) is 1. The maximum absolute atomic E-state index is 11.6. The van der Waals surface area contributed by atoms with E-state index in [1.165, 1.54) is 0 Å². The van der Waals surface area contributed by atoms with Gasteiger partial charge in [0.25, 0.3) is 0 Å². The van der Waals surface area contributed by atoms with Crippen molar-refractivity contribution in [3.8, 4) is 0 Å². The average Bonchev–Trinajstić information content (AvgIpc) is 2.14. The molecule has 0 aromatic rings. The summed E-state index contributed by atoms with van der Waals surface area (Å²) in [5, 5.41) is 11.2. The van der Waals surface area contributed by atoms with E-state index in [0.717, 1.165) is 0 Å². The lowest BCUT2D eigenvalue weighted by atomic mass is 9.94. The minimum absolute atomic E-state index is 0.351. The summed E-state index contributed by atoms with van der Waals surface area (Å²) in [5.41, 5.74) is 0. The minimum atomic E-state index is -4.43. The summed E-state index contributed by atoms with van der Waals surface area (Å²) in [6, 6.07) is 0. The van der Waals surface area contributed by atoms with Gasteiger partial charge in [-0.2, -0.15) is 0 Å². The van der Waals surface area contributed by atoms with Crippen LogP contribution in [0.2, 0.25) is 0 Å². The molecule has 0 aromatic carbocycles. The molecule has 4 N–H and O–H groups in total. The number of carboxylic acid groups (broad SMARTS) is 1. The second-order valence-electron chi connectivity index (χ2n) is 3.80. The molecule has 1 rings (SSSR count). The Bertz CT molecular complexity index is 352. The quantitative estimate of drug-likeness (QED) is 0.405. The van der Waals surface area contributed by atoms with Crippen LogP contribution in [0.15, 0.2) is 0 Å². The van der Waals surface area contributed by atoms with Gasteiger partial charge in [-0.25, -0.2) is 4.79 Å². The van der Waals surface area contributed by atoms with Crippen LogP contribution in [0.5, 0.6) is 0 Å². The van der Waals surface area contributed by atoms with Gasteiger partial charge in [-0.3, -0.25) is 14.7 Å². The molecule has 0 spiro atoms. The number of piperidine rings is 1. The molecule has 98 valence electrons. The van der Waals surface area contributed by atoms with Crippen molar-refractivity contribution in [2.45, 2.75) is 19.1 Å². The number of hydrogen-bond acceptors (Lipinski definition) is 5. The predicted molar refractivity (Wildman–Crippen MR) is 55.5 cm³/mol. The van der Waals surface area contributed by atoms with Crippen LogP contribution in [0, 0.1) is 5.92 Å². The Morgan fingerprint density at radius 3 is 2.59 bits per heavy atom. The molecule has 1 aliphatic rings. The molecule has 0 bridgehead atoms. The molecule has 9 heteroatoms. The Hall–Kier alpha value is -0.950. The molecule has 1 saturated heterocycles. The van der Waals surface area contributed by atoms with E-state index in [0.29, 0.717) is 19.4 Å². The molecule has 0 aromatic heterocycles. The van der Waals surface area contributed by atoms with Crippen LogP contribution in [0.4, 0.5) is 4.79 Å². The Morgan fingerprint density at radius 2 is 2.06 bits per heavy atom. The monoisotopic (exact) mass is 267 g/mol. The highest BCUT2D eigenvalue weighted by molar-refractivity contribution is 7.52. The number of carbonyl (C=O) groups excluding carboxylic acids is 1. The molecule has 0 aliphatic carbocycles. The summed E-state index contributed by atoms with van der Waals surface area (Å²) in [4.78, 5) is 39.4. The van der Waals surface area contributed by atoms with Gasteiger partial charge in [-0.05, 0) is 19.4 Å². The van der Waals surface area contributed by atoms with Crippen molar-refractivity contribution in [2.24, 2.45) is 5.92 Å². The average molecular weight is 267 g/mol. The van der Waals surface area contributed by atoms with Crippen LogP contribution in [0.3, 0.4) is 0 Å². The van der Waals surface area contributed by atoms with E-state index < -0.39 is 37.8 Å². The Morgan fingerprint density at radius 1 is 1.41 bits per heavy atom. The Kier molecular flexibility index (Phi) is 4.64. The van der Waals surface area contributed by atoms with Crippen molar-refractivity contribution < 1.29 is 33.8 Å². The third-order valence-corrected chi connectivity index (χ3v) is 3.13. The number of carbonyl (C=O) groups is 2. The van der Waals surface area contributed by atoms with Gasteiger partial charge < -0.3 is 19.6 Å². The zero-order valence-electron chi connectivity index (χ0n) is 8.90. The highest BCUT2D eigenvalue weighted by Gasteiger charge is 2.36. The van der Waals surface area contributed by atoms with Crippen LogP contribution in [0.1, 0.15) is 12.8 Å². The van der Waals surface area contributed by atoms with Gasteiger partial charge in [0.2, 0.25) is 0 Å². The smallest absolute Gasteiger partial charge is 0.450 e. The minimum Gasteiger partial charge on any atom is -0.450 e. The third kappa shape index (κ3) is 4.82. The van der Waals surface area contributed by atoms with Crippen molar-refractivity contribution in [3.05, 3.63) is 0 Å². The van der Waals surface area contributed by atoms with Crippen LogP contribution in [0.25, 0.3) is 0 Å². The molecule has 0 saturated carbocycles. The molecule has 0 amide bonds. The van der Waals surface area contributed by atoms with Gasteiger partial charge in [-0.1, -0.05) is 0 Å². The maximum atomic E-state index is 11.6. The summed E-state index contributed by atoms with van der Waals surface area (Å²) < 4.78 is 15.2. The summed E-state index contributed by atoms with van der Waals surface area (Å²) >= 11 is 0. The molecular formula is C8H14NO7P. The SMILES string of the molecule is O=C(O)OC1NCCCC1C(=O)CP(=O)(O)O. The fraction of sp³-hybridized carbons (Fsp3) is 0.750. The molecule has 17 heavy (non-hydrogen) atoms. The lowest BCUT2D eigenvalue weighted by Gasteiger charge is -2.30. The second kappa shape index (κ2) is 5.59. The predicted octanol–water partition coefficient (Wildman–Crippen LogP) is -0.247. The van der Waals surface area contributed by atoms with Crippen molar-refractivity contribution in [2.75, 3.05) is 12.7 Å². The first-order valence-electron chi connectivity index (χ1n) is 5.00. The van der Waals surface area contributed by atoms with E-state index in [-0.39, 0.29) is 0 Å². The molecule has 1 aliphatic heterocycles. The van der Waals surface area contributed by atoms with Crippen molar-refractivity contribution in [1.82, 2.24) is 5.32 Å². The summed E-state index contributed by atoms with van der Waals surface area (Å²) in [5.74, 6) is -1.52. The molecule has 2 unspecified atom stereocenters. The molecule has 1 fully saturated rings. The topological polar surface area (TPSA) is 133 Å². The second-order valence-corrected chi connectivity index (χ2v) is 5.44. The maximum Gasteiger partial charge on any atom is 0.507 e. The lowest BCUT2D eigenvalue weighted by molar-refractivity contribution is -0.127. The van der Waals surface area contributed by atoms with Gasteiger partial charge in [0.1, 0.15) is 6.16 Å². The van der Waals surface area contributed by atoms with E-state index in [1.807, 2.05) is 0 Å². The summed E-state index contributed by atoms with van der Waals surface area (Å²) in [6.45, 7) is 0.498. The zero-order chi connectivity index (χ0) is 13.1. The zero-order valence-corrected chi connectivity index (χ0v) is 9.80. The van der Waals surface area contributed by atoms with Crippen molar-refractivity contribution >= 4 is 19.5 Å². The van der Waals surface area contributed by atoms with Gasteiger partial charge in [0.15, 0.2) is 12.0 Å². The van der Waals surface area contributed by atoms with Crippen LogP contribution in [-0.4, -0.2) is 45.8 Å². The van der Waals surface area contributed by atoms with E-state index in [2.05, 4.69) is 10.1 Å². The molecular weight excluding hydrogens is 253 g/mol. The normalized spacial score (nSPS) is 25.3. The van der Waals surface area contributed by atoms with E-state index >= 15 is 0 Å². The van der Waals surface area contributed by atoms with E-state index in [1.54, 1.807) is 0 Å². The van der Waals surface area contributed by atoms with Crippen molar-refractivity contribution in [3.63, 3.8) is 0 Å². The first kappa shape index (κ1) is 14.1.